The molecule has 2 aromatic carbocycles. The van der Waals surface area contributed by atoms with Crippen LogP contribution in [0.1, 0.15) is 4.88 Å². The highest BCUT2D eigenvalue weighted by Gasteiger charge is 2.13. The number of hydrogen-bond donors (Lipinski definition) is 3. The molecule has 3 aromatic rings. The zero-order chi connectivity index (χ0) is 22.0. The number of amides is 1. The number of halogens is 1. The summed E-state index contributed by atoms with van der Waals surface area (Å²) in [5, 5.41) is 18.3. The number of nitrogens with one attached hydrogen (secondary N) is 2. The first-order valence-electron chi connectivity index (χ1n) is 9.32. The van der Waals surface area contributed by atoms with E-state index in [9.17, 15) is 9.90 Å². The summed E-state index contributed by atoms with van der Waals surface area (Å²) in [4.78, 5) is 27.2. The van der Waals surface area contributed by atoms with Crippen LogP contribution < -0.4 is 21.2 Å². The number of aliphatic imine (C=N–C) groups is 1. The SMILES string of the molecule is CN(C)CC(=O)NC1=Nc2c/c(=C/c3sc(Nc4ccccc4Br)nc3O)ccc2=N1. The number of carbonyl (C=O) groups is 1. The van der Waals surface area contributed by atoms with Crippen LogP contribution >= 0.6 is 27.3 Å². The predicted octanol–water partition coefficient (Wildman–Crippen LogP) is 2.48. The maximum Gasteiger partial charge on any atom is 0.240 e. The molecule has 0 atom stereocenters. The quantitative estimate of drug-likeness (QED) is 0.501. The van der Waals surface area contributed by atoms with Crippen molar-refractivity contribution in [2.75, 3.05) is 26.0 Å². The molecule has 1 aliphatic rings. The van der Waals surface area contributed by atoms with Crippen LogP contribution in [0, 0.1) is 0 Å². The van der Waals surface area contributed by atoms with Gasteiger partial charge in [-0.15, -0.1) is 0 Å². The molecule has 1 aromatic heterocycles. The number of aromatic nitrogens is 1. The molecule has 0 unspecified atom stereocenters. The summed E-state index contributed by atoms with van der Waals surface area (Å²) in [7, 11) is 3.64. The molecule has 0 spiro atoms. The van der Waals surface area contributed by atoms with E-state index in [-0.39, 0.29) is 24.3 Å². The van der Waals surface area contributed by atoms with Crippen molar-refractivity contribution in [3.05, 3.63) is 62.4 Å². The second-order valence-corrected chi connectivity index (χ2v) is 8.92. The summed E-state index contributed by atoms with van der Waals surface area (Å²) in [5.74, 6) is 0.0520. The molecule has 0 bridgehead atoms. The summed E-state index contributed by atoms with van der Waals surface area (Å²) >= 11 is 4.82. The lowest BCUT2D eigenvalue weighted by molar-refractivity contribution is -0.120. The van der Waals surface area contributed by atoms with Crippen molar-refractivity contribution >= 4 is 61.7 Å². The first-order chi connectivity index (χ1) is 14.9. The highest BCUT2D eigenvalue weighted by Crippen LogP contribution is 2.32. The fourth-order valence-electron chi connectivity index (χ4n) is 2.88. The van der Waals surface area contributed by atoms with E-state index in [1.54, 1.807) is 4.90 Å². The van der Waals surface area contributed by atoms with Crippen molar-refractivity contribution in [1.29, 1.82) is 0 Å². The smallest absolute Gasteiger partial charge is 0.240 e. The number of thiazole rings is 1. The van der Waals surface area contributed by atoms with E-state index in [0.717, 1.165) is 15.4 Å². The Labute approximate surface area is 190 Å². The molecule has 0 aliphatic carbocycles. The number of likely N-dealkylation sites (N-methyl/N-ethyl adjacent to an activating group) is 1. The van der Waals surface area contributed by atoms with E-state index in [4.69, 9.17) is 0 Å². The van der Waals surface area contributed by atoms with Gasteiger partial charge in [0.25, 0.3) is 0 Å². The highest BCUT2D eigenvalue weighted by molar-refractivity contribution is 9.10. The van der Waals surface area contributed by atoms with Crippen LogP contribution in [0.4, 0.5) is 16.5 Å². The third-order valence-corrected chi connectivity index (χ3v) is 5.81. The molecule has 2 heterocycles. The van der Waals surface area contributed by atoms with Crippen LogP contribution in [0.2, 0.25) is 0 Å². The van der Waals surface area contributed by atoms with Gasteiger partial charge in [0.2, 0.25) is 17.7 Å². The standard InChI is InChI=1S/C21H19BrN6O2S/c1-28(2)11-18(29)26-20-23-15-8-7-12(9-16(15)24-20)10-17-19(30)27-21(31-17)25-14-6-4-3-5-13(14)22/h3-10,30H,11H2,1-2H3,(H,25,27)(H,24,26,29)/b12-10+. The number of rotatable bonds is 5. The zero-order valence-corrected chi connectivity index (χ0v) is 19.2. The van der Waals surface area contributed by atoms with Crippen LogP contribution in [0.3, 0.4) is 0 Å². The lowest BCUT2D eigenvalue weighted by Crippen LogP contribution is -2.36. The van der Waals surface area contributed by atoms with Crippen LogP contribution in [-0.4, -0.2) is 47.5 Å². The van der Waals surface area contributed by atoms with Crippen molar-refractivity contribution in [3.8, 4) is 5.88 Å². The van der Waals surface area contributed by atoms with Gasteiger partial charge in [-0.25, -0.2) is 9.98 Å². The van der Waals surface area contributed by atoms with Crippen molar-refractivity contribution in [3.63, 3.8) is 0 Å². The van der Waals surface area contributed by atoms with Gasteiger partial charge in [-0.2, -0.15) is 4.98 Å². The molecule has 4 rings (SSSR count). The molecule has 158 valence electrons. The normalized spacial score (nSPS) is 13.0. The summed E-state index contributed by atoms with van der Waals surface area (Å²) in [6.45, 7) is 0.254. The number of hydrogen-bond acceptors (Lipinski definition) is 8. The number of aromatic hydroxyl groups is 1. The Morgan fingerprint density at radius 1 is 1.23 bits per heavy atom. The van der Waals surface area contributed by atoms with Crippen LogP contribution in [0.25, 0.3) is 6.08 Å². The van der Waals surface area contributed by atoms with E-state index in [0.29, 0.717) is 21.1 Å². The average Bonchev–Trinajstić information content (AvgIpc) is 3.25. The molecular weight excluding hydrogens is 480 g/mol. The number of fused-ring (bicyclic) bond motifs is 1. The van der Waals surface area contributed by atoms with Gasteiger partial charge >= 0.3 is 0 Å². The van der Waals surface area contributed by atoms with Gasteiger partial charge in [-0.1, -0.05) is 29.5 Å². The van der Waals surface area contributed by atoms with Crippen molar-refractivity contribution in [2.45, 2.75) is 0 Å². The number of nitrogens with zero attached hydrogens (tertiary/aromatic N) is 4. The molecule has 3 N–H and O–H groups in total. The lowest BCUT2D eigenvalue weighted by atomic mass is 10.2. The fraction of sp³-hybridized carbons (Fsp3) is 0.143. The Hall–Kier alpha value is -3.08. The molecule has 10 heteroatoms. The Morgan fingerprint density at radius 2 is 2.03 bits per heavy atom. The van der Waals surface area contributed by atoms with Crippen LogP contribution in [0.5, 0.6) is 5.88 Å². The molecule has 0 saturated carbocycles. The largest absolute Gasteiger partial charge is 0.492 e. The zero-order valence-electron chi connectivity index (χ0n) is 16.8. The van der Waals surface area contributed by atoms with Gasteiger partial charge in [0.15, 0.2) is 5.13 Å². The number of para-hydroxylation sites is 1. The van der Waals surface area contributed by atoms with E-state index < -0.39 is 0 Å². The Kier molecular flexibility index (Phi) is 6.12. The van der Waals surface area contributed by atoms with E-state index in [2.05, 4.69) is 41.5 Å². The minimum Gasteiger partial charge on any atom is -0.492 e. The van der Waals surface area contributed by atoms with E-state index in [1.807, 2.05) is 62.6 Å². The average molecular weight is 499 g/mol. The number of guanidine groups is 1. The molecule has 0 radical (unpaired) electrons. The van der Waals surface area contributed by atoms with Crippen molar-refractivity contribution < 1.29 is 9.90 Å². The Morgan fingerprint density at radius 3 is 2.81 bits per heavy atom. The maximum atomic E-state index is 11.9. The third-order valence-electron chi connectivity index (χ3n) is 4.21. The molecule has 0 fully saturated rings. The topological polar surface area (TPSA) is 102 Å². The van der Waals surface area contributed by atoms with Gasteiger partial charge in [0.1, 0.15) is 0 Å². The summed E-state index contributed by atoms with van der Waals surface area (Å²) in [6.07, 6.45) is 1.83. The number of carbonyl (C=O) groups excluding carboxylic acids is 1. The number of benzene rings is 2. The van der Waals surface area contributed by atoms with Crippen molar-refractivity contribution in [2.24, 2.45) is 9.98 Å². The van der Waals surface area contributed by atoms with Gasteiger partial charge in [0, 0.05) is 4.47 Å². The minimum absolute atomic E-state index is 0.0510. The molecule has 1 aliphatic heterocycles. The van der Waals surface area contributed by atoms with Crippen molar-refractivity contribution in [1.82, 2.24) is 15.2 Å². The van der Waals surface area contributed by atoms with Gasteiger partial charge in [-0.3, -0.25) is 10.1 Å². The van der Waals surface area contributed by atoms with Gasteiger partial charge in [-0.05, 0) is 65.6 Å². The Balaban J connectivity index is 1.55. The maximum absolute atomic E-state index is 11.9. The van der Waals surface area contributed by atoms with Crippen LogP contribution in [0.15, 0.2) is 56.9 Å². The fourth-order valence-corrected chi connectivity index (χ4v) is 4.09. The summed E-state index contributed by atoms with van der Waals surface area (Å²) in [6, 6.07) is 13.2. The predicted molar refractivity (Wildman–Crippen MR) is 126 cm³/mol. The number of anilines is 2. The van der Waals surface area contributed by atoms with Crippen LogP contribution in [-0.2, 0) is 4.79 Å². The minimum atomic E-state index is -0.174. The second-order valence-electron chi connectivity index (χ2n) is 7.04. The third kappa shape index (κ3) is 5.16. The second kappa shape index (κ2) is 8.96. The monoisotopic (exact) mass is 498 g/mol. The molecule has 0 saturated heterocycles. The molecule has 1 amide bonds. The highest BCUT2D eigenvalue weighted by atomic mass is 79.9. The molecule has 31 heavy (non-hydrogen) atoms. The molecule has 8 nitrogen and oxygen atoms in total. The van der Waals surface area contributed by atoms with E-state index >= 15 is 0 Å². The van der Waals surface area contributed by atoms with Gasteiger partial charge in [0.05, 0.1) is 28.2 Å². The summed E-state index contributed by atoms with van der Waals surface area (Å²) < 4.78 is 0.906. The Bertz CT molecular complexity index is 1300. The first-order valence-corrected chi connectivity index (χ1v) is 10.9. The lowest BCUT2D eigenvalue weighted by Gasteiger charge is -2.08. The van der Waals surface area contributed by atoms with E-state index in [1.165, 1.54) is 11.3 Å². The first kappa shape index (κ1) is 21.2. The van der Waals surface area contributed by atoms with Gasteiger partial charge < -0.3 is 15.3 Å². The molecular formula is C21H19BrN6O2S. The summed E-state index contributed by atoms with van der Waals surface area (Å²) in [5.41, 5.74) is 1.52.